The van der Waals surface area contributed by atoms with E-state index in [0.29, 0.717) is 23.6 Å². The van der Waals surface area contributed by atoms with Crippen LogP contribution in [0.3, 0.4) is 0 Å². The number of amides is 1. The molecule has 0 saturated heterocycles. The van der Waals surface area contributed by atoms with E-state index in [1.807, 2.05) is 45.0 Å². The molecule has 0 heterocycles. The maximum atomic E-state index is 12.5. The van der Waals surface area contributed by atoms with Crippen LogP contribution in [0.2, 0.25) is 0 Å². The molecule has 2 aromatic carbocycles. The Kier molecular flexibility index (Phi) is 6.67. The number of hydrogen-bond acceptors (Lipinski definition) is 3. The topological polar surface area (TPSA) is 47.6 Å². The third-order valence-corrected chi connectivity index (χ3v) is 3.77. The molecule has 0 bridgehead atoms. The van der Waals surface area contributed by atoms with Crippen molar-refractivity contribution in [3.63, 3.8) is 0 Å². The third-order valence-electron chi connectivity index (χ3n) is 3.15. The van der Waals surface area contributed by atoms with Crippen LogP contribution in [0.25, 0.3) is 0 Å². The van der Waals surface area contributed by atoms with Crippen molar-refractivity contribution in [1.29, 1.82) is 0 Å². The van der Waals surface area contributed by atoms with Crippen molar-refractivity contribution >= 4 is 27.5 Å². The molecule has 0 spiro atoms. The summed E-state index contributed by atoms with van der Waals surface area (Å²) in [5.41, 5.74) is 1.20. The van der Waals surface area contributed by atoms with E-state index in [-0.39, 0.29) is 12.0 Å². The second kappa shape index (κ2) is 8.73. The minimum atomic E-state index is -0.197. The summed E-state index contributed by atoms with van der Waals surface area (Å²) >= 11 is 3.45. The zero-order valence-electron chi connectivity index (χ0n) is 14.1. The molecule has 4 nitrogen and oxygen atoms in total. The SMILES string of the molecule is CCCOc1ccc(C(=O)Nc2ccccc2OC(C)C)cc1Br. The van der Waals surface area contributed by atoms with E-state index >= 15 is 0 Å². The summed E-state index contributed by atoms with van der Waals surface area (Å²) in [5.74, 6) is 1.19. The van der Waals surface area contributed by atoms with Crippen LogP contribution in [-0.2, 0) is 0 Å². The van der Waals surface area contributed by atoms with Crippen LogP contribution < -0.4 is 14.8 Å². The predicted molar refractivity (Wildman–Crippen MR) is 100 cm³/mol. The Hall–Kier alpha value is -2.01. The monoisotopic (exact) mass is 391 g/mol. The maximum absolute atomic E-state index is 12.5. The highest BCUT2D eigenvalue weighted by Crippen LogP contribution is 2.28. The third kappa shape index (κ3) is 4.99. The lowest BCUT2D eigenvalue weighted by Gasteiger charge is -2.15. The fourth-order valence-corrected chi connectivity index (χ4v) is 2.59. The van der Waals surface area contributed by atoms with Gasteiger partial charge in [0.25, 0.3) is 5.91 Å². The van der Waals surface area contributed by atoms with E-state index in [1.165, 1.54) is 0 Å². The standard InChI is InChI=1S/C19H22BrNO3/c1-4-11-23-17-10-9-14(12-15(17)20)19(22)21-16-7-5-6-8-18(16)24-13(2)3/h5-10,12-13H,4,11H2,1-3H3,(H,21,22). The Labute approximate surface area is 151 Å². The molecule has 0 aromatic heterocycles. The van der Waals surface area contributed by atoms with Crippen molar-refractivity contribution in [2.45, 2.75) is 33.3 Å². The van der Waals surface area contributed by atoms with Crippen LogP contribution in [0, 0.1) is 0 Å². The first-order valence-corrected chi connectivity index (χ1v) is 8.80. The number of nitrogens with one attached hydrogen (secondary N) is 1. The first-order chi connectivity index (χ1) is 11.5. The highest BCUT2D eigenvalue weighted by atomic mass is 79.9. The summed E-state index contributed by atoms with van der Waals surface area (Å²) in [6.45, 7) is 6.59. The Morgan fingerprint density at radius 3 is 2.58 bits per heavy atom. The largest absolute Gasteiger partial charge is 0.492 e. The zero-order valence-corrected chi connectivity index (χ0v) is 15.7. The molecule has 0 aliphatic rings. The van der Waals surface area contributed by atoms with Gasteiger partial charge in [0.15, 0.2) is 0 Å². The molecule has 5 heteroatoms. The van der Waals surface area contributed by atoms with Gasteiger partial charge in [0.1, 0.15) is 11.5 Å². The summed E-state index contributed by atoms with van der Waals surface area (Å²) < 4.78 is 12.1. The lowest BCUT2D eigenvalue weighted by atomic mass is 10.2. The second-order valence-corrected chi connectivity index (χ2v) is 6.46. The van der Waals surface area contributed by atoms with Gasteiger partial charge in [0.2, 0.25) is 0 Å². The van der Waals surface area contributed by atoms with Gasteiger partial charge >= 0.3 is 0 Å². The molecule has 2 aromatic rings. The Morgan fingerprint density at radius 2 is 1.92 bits per heavy atom. The van der Waals surface area contributed by atoms with Gasteiger partial charge < -0.3 is 14.8 Å². The zero-order chi connectivity index (χ0) is 17.5. The number of para-hydroxylation sites is 2. The normalized spacial score (nSPS) is 10.5. The summed E-state index contributed by atoms with van der Waals surface area (Å²) in [7, 11) is 0. The molecule has 24 heavy (non-hydrogen) atoms. The number of rotatable bonds is 7. The van der Waals surface area contributed by atoms with Gasteiger partial charge in [-0.25, -0.2) is 0 Å². The average Bonchev–Trinajstić information content (AvgIpc) is 2.55. The van der Waals surface area contributed by atoms with Crippen LogP contribution in [-0.4, -0.2) is 18.6 Å². The van der Waals surface area contributed by atoms with Crippen LogP contribution in [0.5, 0.6) is 11.5 Å². The van der Waals surface area contributed by atoms with Crippen molar-refractivity contribution < 1.29 is 14.3 Å². The average molecular weight is 392 g/mol. The predicted octanol–water partition coefficient (Wildman–Crippen LogP) is 5.28. The molecule has 1 N–H and O–H groups in total. The van der Waals surface area contributed by atoms with E-state index in [1.54, 1.807) is 18.2 Å². The summed E-state index contributed by atoms with van der Waals surface area (Å²) in [5, 5.41) is 2.90. The van der Waals surface area contributed by atoms with Crippen LogP contribution in [0.4, 0.5) is 5.69 Å². The summed E-state index contributed by atoms with van der Waals surface area (Å²) in [6.07, 6.45) is 0.966. The number of benzene rings is 2. The molecule has 2 rings (SSSR count). The highest BCUT2D eigenvalue weighted by Gasteiger charge is 2.12. The first-order valence-electron chi connectivity index (χ1n) is 8.00. The van der Waals surface area contributed by atoms with E-state index in [0.717, 1.165) is 16.6 Å². The van der Waals surface area contributed by atoms with Gasteiger partial charge in [-0.15, -0.1) is 0 Å². The Morgan fingerprint density at radius 1 is 1.17 bits per heavy atom. The van der Waals surface area contributed by atoms with Crippen molar-refractivity contribution in [3.8, 4) is 11.5 Å². The molecular weight excluding hydrogens is 370 g/mol. The van der Waals surface area contributed by atoms with E-state index in [4.69, 9.17) is 9.47 Å². The van der Waals surface area contributed by atoms with Gasteiger partial charge in [-0.2, -0.15) is 0 Å². The van der Waals surface area contributed by atoms with Gasteiger partial charge in [-0.05, 0) is 66.5 Å². The molecule has 128 valence electrons. The van der Waals surface area contributed by atoms with E-state index in [2.05, 4.69) is 21.2 Å². The highest BCUT2D eigenvalue weighted by molar-refractivity contribution is 9.10. The molecule has 0 fully saturated rings. The summed E-state index contributed by atoms with van der Waals surface area (Å²) in [4.78, 5) is 12.5. The van der Waals surface area contributed by atoms with Crippen molar-refractivity contribution in [2.24, 2.45) is 0 Å². The number of halogens is 1. The fourth-order valence-electron chi connectivity index (χ4n) is 2.09. The second-order valence-electron chi connectivity index (χ2n) is 5.61. The Balaban J connectivity index is 2.14. The van der Waals surface area contributed by atoms with E-state index < -0.39 is 0 Å². The van der Waals surface area contributed by atoms with Gasteiger partial charge in [0, 0.05) is 5.56 Å². The minimum Gasteiger partial charge on any atom is -0.492 e. The first kappa shape index (κ1) is 18.3. The molecule has 0 aliphatic heterocycles. The fraction of sp³-hybridized carbons (Fsp3) is 0.316. The van der Waals surface area contributed by atoms with Crippen molar-refractivity contribution in [3.05, 3.63) is 52.5 Å². The van der Waals surface area contributed by atoms with Crippen molar-refractivity contribution in [1.82, 2.24) is 0 Å². The number of carbonyl (C=O) groups is 1. The smallest absolute Gasteiger partial charge is 0.255 e. The van der Waals surface area contributed by atoms with Crippen LogP contribution in [0.1, 0.15) is 37.6 Å². The van der Waals surface area contributed by atoms with E-state index in [9.17, 15) is 4.79 Å². The molecule has 0 aliphatic carbocycles. The Bertz CT molecular complexity index is 701. The maximum Gasteiger partial charge on any atom is 0.255 e. The summed E-state index contributed by atoms with van der Waals surface area (Å²) in [6, 6.07) is 12.7. The quantitative estimate of drug-likeness (QED) is 0.698. The van der Waals surface area contributed by atoms with Gasteiger partial charge in [-0.1, -0.05) is 19.1 Å². The van der Waals surface area contributed by atoms with Crippen molar-refractivity contribution in [2.75, 3.05) is 11.9 Å². The number of anilines is 1. The molecular formula is C19H22BrNO3. The number of ether oxygens (including phenoxy) is 2. The molecule has 0 atom stereocenters. The number of hydrogen-bond donors (Lipinski definition) is 1. The molecule has 0 saturated carbocycles. The van der Waals surface area contributed by atoms with Crippen LogP contribution >= 0.6 is 15.9 Å². The molecule has 0 unspecified atom stereocenters. The lowest BCUT2D eigenvalue weighted by Crippen LogP contribution is -2.14. The molecule has 0 radical (unpaired) electrons. The van der Waals surface area contributed by atoms with Crippen LogP contribution in [0.15, 0.2) is 46.9 Å². The lowest BCUT2D eigenvalue weighted by molar-refractivity contribution is 0.102. The van der Waals surface area contributed by atoms with Gasteiger partial charge in [-0.3, -0.25) is 4.79 Å². The number of carbonyl (C=O) groups excluding carboxylic acids is 1. The molecule has 1 amide bonds. The van der Waals surface area contributed by atoms with Gasteiger partial charge in [0.05, 0.1) is 22.9 Å². The minimum absolute atomic E-state index is 0.0344.